The number of fused-ring (bicyclic) bond motifs is 1. The minimum absolute atomic E-state index is 0.221. The molecule has 0 aliphatic heterocycles. The van der Waals surface area contributed by atoms with Crippen LogP contribution in [0.25, 0.3) is 11.0 Å². The van der Waals surface area contributed by atoms with E-state index in [4.69, 9.17) is 4.42 Å². The van der Waals surface area contributed by atoms with E-state index in [-0.39, 0.29) is 5.82 Å². The molecule has 4 heteroatoms. The first-order chi connectivity index (χ1) is 10.0. The lowest BCUT2D eigenvalue weighted by Gasteiger charge is -2.23. The maximum Gasteiger partial charge on any atom is 0.134 e. The summed E-state index contributed by atoms with van der Waals surface area (Å²) < 4.78 is 19.1. The van der Waals surface area contributed by atoms with E-state index in [9.17, 15) is 4.39 Å². The fourth-order valence-electron chi connectivity index (χ4n) is 2.61. The van der Waals surface area contributed by atoms with Crippen LogP contribution in [0, 0.1) is 12.7 Å². The van der Waals surface area contributed by atoms with Crippen LogP contribution in [0.2, 0.25) is 0 Å². The van der Waals surface area contributed by atoms with E-state index in [1.54, 1.807) is 6.07 Å². The van der Waals surface area contributed by atoms with Crippen molar-refractivity contribution in [2.24, 2.45) is 0 Å². The molecule has 2 rings (SSSR count). The molecule has 0 aliphatic rings. The third kappa shape index (κ3) is 3.83. The Hall–Kier alpha value is -1.39. The lowest BCUT2D eigenvalue weighted by Crippen LogP contribution is -2.38. The maximum atomic E-state index is 13.3. The van der Waals surface area contributed by atoms with E-state index in [2.05, 4.69) is 31.0 Å². The molecule has 3 nitrogen and oxygen atoms in total. The van der Waals surface area contributed by atoms with Crippen LogP contribution in [0.3, 0.4) is 0 Å². The molecule has 0 saturated carbocycles. The number of hydrogen-bond donors (Lipinski definition) is 1. The Labute approximate surface area is 126 Å². The van der Waals surface area contributed by atoms with Crippen molar-refractivity contribution in [2.45, 2.75) is 40.3 Å². The summed E-state index contributed by atoms with van der Waals surface area (Å²) in [5.41, 5.74) is 1.77. The minimum Gasteiger partial charge on any atom is -0.459 e. The molecule has 0 bridgehead atoms. The summed E-state index contributed by atoms with van der Waals surface area (Å²) in [5.74, 6) is 0.669. The lowest BCUT2D eigenvalue weighted by molar-refractivity contribution is 0.268. The third-order valence-electron chi connectivity index (χ3n) is 4.03. The standard InChI is InChI=1S/C17H25FN2O/c1-5-20(6-2)11-12(3)19-10-17-13(4)15-9-14(18)7-8-16(15)21-17/h7-9,12,19H,5-6,10-11H2,1-4H3. The highest BCUT2D eigenvalue weighted by molar-refractivity contribution is 5.82. The Morgan fingerprint density at radius 2 is 2.00 bits per heavy atom. The third-order valence-corrected chi connectivity index (χ3v) is 4.03. The average molecular weight is 292 g/mol. The van der Waals surface area contributed by atoms with Crippen LogP contribution in [0.1, 0.15) is 32.1 Å². The summed E-state index contributed by atoms with van der Waals surface area (Å²) in [6.45, 7) is 12.3. The number of nitrogens with zero attached hydrogens (tertiary/aromatic N) is 1. The van der Waals surface area contributed by atoms with Crippen LogP contribution >= 0.6 is 0 Å². The van der Waals surface area contributed by atoms with Crippen molar-refractivity contribution in [1.82, 2.24) is 10.2 Å². The number of benzene rings is 1. The summed E-state index contributed by atoms with van der Waals surface area (Å²) in [4.78, 5) is 2.39. The van der Waals surface area contributed by atoms with Crippen molar-refractivity contribution in [1.29, 1.82) is 0 Å². The van der Waals surface area contributed by atoms with Gasteiger partial charge in [-0.2, -0.15) is 0 Å². The molecule has 1 aromatic carbocycles. The Morgan fingerprint density at radius 1 is 1.29 bits per heavy atom. The van der Waals surface area contributed by atoms with E-state index in [0.29, 0.717) is 12.6 Å². The number of hydrogen-bond acceptors (Lipinski definition) is 3. The van der Waals surface area contributed by atoms with Crippen LogP contribution in [-0.2, 0) is 6.54 Å². The first kappa shape index (κ1) is 16.0. The number of furan rings is 1. The predicted molar refractivity (Wildman–Crippen MR) is 85.0 cm³/mol. The number of nitrogens with one attached hydrogen (secondary N) is 1. The molecule has 21 heavy (non-hydrogen) atoms. The molecule has 0 saturated heterocycles. The van der Waals surface area contributed by atoms with Crippen molar-refractivity contribution in [2.75, 3.05) is 19.6 Å². The zero-order valence-electron chi connectivity index (χ0n) is 13.4. The smallest absolute Gasteiger partial charge is 0.134 e. The number of rotatable bonds is 7. The Morgan fingerprint density at radius 3 is 2.67 bits per heavy atom. The first-order valence-corrected chi connectivity index (χ1v) is 7.68. The molecule has 2 aromatic rings. The van der Waals surface area contributed by atoms with Gasteiger partial charge in [-0.3, -0.25) is 0 Å². The van der Waals surface area contributed by atoms with Crippen LogP contribution in [0.4, 0.5) is 4.39 Å². The molecule has 0 amide bonds. The van der Waals surface area contributed by atoms with Gasteiger partial charge in [0.05, 0.1) is 6.54 Å². The highest BCUT2D eigenvalue weighted by Gasteiger charge is 2.13. The summed E-state index contributed by atoms with van der Waals surface area (Å²) in [7, 11) is 0. The monoisotopic (exact) mass is 292 g/mol. The summed E-state index contributed by atoms with van der Waals surface area (Å²) in [5, 5.41) is 4.35. The van der Waals surface area contributed by atoms with Gasteiger partial charge in [-0.05, 0) is 50.7 Å². The molecule has 1 atom stereocenters. The zero-order valence-corrected chi connectivity index (χ0v) is 13.4. The molecule has 0 aliphatic carbocycles. The maximum absolute atomic E-state index is 13.3. The molecule has 116 valence electrons. The van der Waals surface area contributed by atoms with Gasteiger partial charge in [0.2, 0.25) is 0 Å². The first-order valence-electron chi connectivity index (χ1n) is 7.68. The van der Waals surface area contributed by atoms with Gasteiger partial charge in [0.1, 0.15) is 17.2 Å². The van der Waals surface area contributed by atoms with Crippen molar-refractivity contribution >= 4 is 11.0 Å². The molecule has 0 radical (unpaired) electrons. The van der Waals surface area contributed by atoms with Gasteiger partial charge in [0, 0.05) is 18.0 Å². The van der Waals surface area contributed by atoms with Crippen LogP contribution in [0.15, 0.2) is 22.6 Å². The van der Waals surface area contributed by atoms with Crippen molar-refractivity contribution in [3.8, 4) is 0 Å². The Bertz CT molecular complexity index is 590. The van der Waals surface area contributed by atoms with Gasteiger partial charge < -0.3 is 14.6 Å². The topological polar surface area (TPSA) is 28.4 Å². The lowest BCUT2D eigenvalue weighted by atomic mass is 10.1. The molecule has 1 N–H and O–H groups in total. The van der Waals surface area contributed by atoms with Crippen LogP contribution in [0.5, 0.6) is 0 Å². The van der Waals surface area contributed by atoms with Gasteiger partial charge in [-0.1, -0.05) is 13.8 Å². The zero-order chi connectivity index (χ0) is 15.4. The Balaban J connectivity index is 2.02. The summed E-state index contributed by atoms with van der Waals surface area (Å²) in [6, 6.07) is 5.05. The molecule has 1 unspecified atom stereocenters. The molecule has 0 spiro atoms. The second-order valence-corrected chi connectivity index (χ2v) is 5.56. The fourth-order valence-corrected chi connectivity index (χ4v) is 2.61. The van der Waals surface area contributed by atoms with Gasteiger partial charge >= 0.3 is 0 Å². The van der Waals surface area contributed by atoms with Crippen molar-refractivity contribution < 1.29 is 8.81 Å². The number of likely N-dealkylation sites (N-methyl/N-ethyl adjacent to an activating group) is 1. The highest BCUT2D eigenvalue weighted by Crippen LogP contribution is 2.25. The van der Waals surface area contributed by atoms with E-state index < -0.39 is 0 Å². The largest absolute Gasteiger partial charge is 0.459 e. The summed E-state index contributed by atoms with van der Waals surface area (Å²) >= 11 is 0. The van der Waals surface area contributed by atoms with Gasteiger partial charge in [-0.15, -0.1) is 0 Å². The molecule has 0 fully saturated rings. The quantitative estimate of drug-likeness (QED) is 0.843. The summed E-state index contributed by atoms with van der Waals surface area (Å²) in [6.07, 6.45) is 0. The molecular weight excluding hydrogens is 267 g/mol. The number of halogens is 1. The van der Waals surface area contributed by atoms with Crippen LogP contribution in [-0.4, -0.2) is 30.6 Å². The average Bonchev–Trinajstić information content (AvgIpc) is 2.79. The minimum atomic E-state index is -0.221. The van der Waals surface area contributed by atoms with Crippen LogP contribution < -0.4 is 5.32 Å². The van der Waals surface area contributed by atoms with E-state index in [1.165, 1.54) is 12.1 Å². The predicted octanol–water partition coefficient (Wildman–Crippen LogP) is 3.70. The second-order valence-electron chi connectivity index (χ2n) is 5.56. The SMILES string of the molecule is CCN(CC)CC(C)NCc1oc2ccc(F)cc2c1C. The second kappa shape index (κ2) is 7.05. The van der Waals surface area contributed by atoms with Gasteiger partial charge in [0.15, 0.2) is 0 Å². The normalized spacial score (nSPS) is 13.2. The molecule has 1 aromatic heterocycles. The fraction of sp³-hybridized carbons (Fsp3) is 0.529. The molecular formula is C17H25FN2O. The van der Waals surface area contributed by atoms with Crippen molar-refractivity contribution in [3.63, 3.8) is 0 Å². The van der Waals surface area contributed by atoms with E-state index >= 15 is 0 Å². The van der Waals surface area contributed by atoms with Crippen molar-refractivity contribution in [3.05, 3.63) is 35.3 Å². The highest BCUT2D eigenvalue weighted by atomic mass is 19.1. The van der Waals surface area contributed by atoms with E-state index in [1.807, 2.05) is 6.92 Å². The van der Waals surface area contributed by atoms with E-state index in [0.717, 1.165) is 41.9 Å². The molecule has 1 heterocycles. The number of aryl methyl sites for hydroxylation is 1. The van der Waals surface area contributed by atoms with Gasteiger partial charge in [0.25, 0.3) is 0 Å². The van der Waals surface area contributed by atoms with Gasteiger partial charge in [-0.25, -0.2) is 4.39 Å². The Kier molecular flexibility index (Phi) is 5.37.